The quantitative estimate of drug-likeness (QED) is 0.767. The van der Waals surface area contributed by atoms with Gasteiger partial charge in [0.1, 0.15) is 5.82 Å². The normalized spacial score (nSPS) is 19.3. The van der Waals surface area contributed by atoms with Crippen LogP contribution in [0.25, 0.3) is 0 Å². The largest absolute Gasteiger partial charge is 0.372 e. The number of ketones is 1. The van der Waals surface area contributed by atoms with Gasteiger partial charge in [-0.3, -0.25) is 4.79 Å². The topological polar surface area (TPSA) is 41.1 Å². The van der Waals surface area contributed by atoms with Crippen molar-refractivity contribution in [2.45, 2.75) is 25.8 Å². The lowest BCUT2D eigenvalue weighted by molar-refractivity contribution is -0.115. The summed E-state index contributed by atoms with van der Waals surface area (Å²) in [5, 5.41) is 7.00. The number of anilines is 2. The molecule has 122 valence electrons. The number of fused-ring (bicyclic) bond motifs is 1. The molecular weight excluding hydrogens is 327 g/mol. The summed E-state index contributed by atoms with van der Waals surface area (Å²) in [6, 6.07) is 9.95. The molecule has 0 amide bonds. The monoisotopic (exact) mass is 342 g/mol. The maximum Gasteiger partial charge on any atom is 0.163 e. The molecule has 0 aromatic heterocycles. The number of rotatable bonds is 1. The molecule has 1 aliphatic carbocycles. The maximum atomic E-state index is 14.5. The van der Waals surface area contributed by atoms with E-state index in [2.05, 4.69) is 10.6 Å². The number of carbonyl (C=O) groups excluding carboxylic acids is 1. The molecule has 24 heavy (non-hydrogen) atoms. The summed E-state index contributed by atoms with van der Waals surface area (Å²) in [4.78, 5) is 12.5. The minimum atomic E-state index is -0.598. The number of benzene rings is 2. The molecule has 0 radical (unpaired) electrons. The number of hydrogen-bond acceptors (Lipinski definition) is 3. The fourth-order valence-electron chi connectivity index (χ4n) is 3.42. The fraction of sp³-hybridized carbons (Fsp3) is 0.211. The lowest BCUT2D eigenvalue weighted by Crippen LogP contribution is -2.19. The molecule has 1 aliphatic heterocycles. The summed E-state index contributed by atoms with van der Waals surface area (Å²) in [5.74, 6) is -0.387. The second-order valence-electron chi connectivity index (χ2n) is 6.20. The van der Waals surface area contributed by atoms with Gasteiger partial charge in [-0.05, 0) is 43.2 Å². The van der Waals surface area contributed by atoms with Gasteiger partial charge in [-0.25, -0.2) is 4.39 Å². The Morgan fingerprint density at radius 3 is 2.79 bits per heavy atom. The van der Waals surface area contributed by atoms with Crippen molar-refractivity contribution in [1.29, 1.82) is 0 Å². The molecule has 0 fully saturated rings. The van der Waals surface area contributed by atoms with Crippen molar-refractivity contribution in [2.24, 2.45) is 0 Å². The number of nitrogens with one attached hydrogen (secondary N) is 2. The molecule has 2 aliphatic rings. The molecule has 1 atom stereocenters. The zero-order valence-corrected chi connectivity index (χ0v) is 13.9. The average molecular weight is 343 g/mol. The summed E-state index contributed by atoms with van der Waals surface area (Å²) in [5.41, 5.74) is 4.54. The standard InChI is InChI=1S/C19H16ClFN2O/c1-10-5-6-13-15(9-10)23-19(17-11(20)3-2-4-12(17)21)18-14(22-13)7-8-16(18)24/h2-6,9,19,22-23H,7-8H2,1H3. The van der Waals surface area contributed by atoms with Gasteiger partial charge >= 0.3 is 0 Å². The molecular formula is C19H16ClFN2O. The van der Waals surface area contributed by atoms with Crippen molar-refractivity contribution in [3.05, 3.63) is 69.6 Å². The number of hydrogen-bond donors (Lipinski definition) is 2. The first kappa shape index (κ1) is 15.2. The summed E-state index contributed by atoms with van der Waals surface area (Å²) in [6.45, 7) is 1.99. The van der Waals surface area contributed by atoms with Crippen molar-refractivity contribution in [1.82, 2.24) is 0 Å². The third-order valence-corrected chi connectivity index (χ3v) is 4.89. The van der Waals surface area contributed by atoms with Gasteiger partial charge in [-0.15, -0.1) is 0 Å². The van der Waals surface area contributed by atoms with Gasteiger partial charge in [-0.1, -0.05) is 23.7 Å². The molecule has 3 nitrogen and oxygen atoms in total. The van der Waals surface area contributed by atoms with Gasteiger partial charge in [0.25, 0.3) is 0 Å². The van der Waals surface area contributed by atoms with Gasteiger partial charge < -0.3 is 10.6 Å². The van der Waals surface area contributed by atoms with E-state index in [0.717, 1.165) is 22.6 Å². The van der Waals surface area contributed by atoms with Crippen LogP contribution in [0, 0.1) is 12.7 Å². The van der Waals surface area contributed by atoms with E-state index < -0.39 is 11.9 Å². The zero-order valence-electron chi connectivity index (χ0n) is 13.1. The Labute approximate surface area is 144 Å². The molecule has 0 saturated carbocycles. The predicted octanol–water partition coefficient (Wildman–Crippen LogP) is 4.98. The zero-order chi connectivity index (χ0) is 16.8. The lowest BCUT2D eigenvalue weighted by Gasteiger charge is -2.22. The SMILES string of the molecule is Cc1ccc2c(c1)NC(c1c(F)cccc1Cl)C1=C(CCC1=O)N2. The highest BCUT2D eigenvalue weighted by Crippen LogP contribution is 2.43. The van der Waals surface area contributed by atoms with Crippen LogP contribution in [0.2, 0.25) is 5.02 Å². The molecule has 2 aromatic carbocycles. The Hall–Kier alpha value is -2.33. The summed E-state index contributed by atoms with van der Waals surface area (Å²) in [6.07, 6.45) is 1.06. The highest BCUT2D eigenvalue weighted by atomic mass is 35.5. The molecule has 1 heterocycles. The molecule has 5 heteroatoms. The fourth-order valence-corrected chi connectivity index (χ4v) is 3.69. The van der Waals surface area contributed by atoms with E-state index in [9.17, 15) is 9.18 Å². The Morgan fingerprint density at radius 1 is 1.17 bits per heavy atom. The minimum Gasteiger partial charge on any atom is -0.372 e. The highest BCUT2D eigenvalue weighted by molar-refractivity contribution is 6.31. The van der Waals surface area contributed by atoms with Gasteiger partial charge in [0.15, 0.2) is 5.78 Å². The maximum absolute atomic E-state index is 14.5. The number of halogens is 2. The third-order valence-electron chi connectivity index (χ3n) is 4.57. The van der Waals surface area contributed by atoms with Crippen LogP contribution in [0.5, 0.6) is 0 Å². The molecule has 1 unspecified atom stereocenters. The van der Waals surface area contributed by atoms with Gasteiger partial charge in [0.2, 0.25) is 0 Å². The third kappa shape index (κ3) is 2.38. The second-order valence-corrected chi connectivity index (χ2v) is 6.61. The van der Waals surface area contributed by atoms with Crippen molar-refractivity contribution < 1.29 is 9.18 Å². The van der Waals surface area contributed by atoms with E-state index in [0.29, 0.717) is 29.0 Å². The van der Waals surface area contributed by atoms with Crippen LogP contribution in [0.4, 0.5) is 15.8 Å². The lowest BCUT2D eigenvalue weighted by atomic mass is 9.96. The van der Waals surface area contributed by atoms with E-state index in [1.165, 1.54) is 6.07 Å². The van der Waals surface area contributed by atoms with Gasteiger partial charge in [-0.2, -0.15) is 0 Å². The van der Waals surface area contributed by atoms with E-state index >= 15 is 0 Å². The van der Waals surface area contributed by atoms with Crippen LogP contribution in [0.15, 0.2) is 47.7 Å². The van der Waals surface area contributed by atoms with Crippen molar-refractivity contribution in [2.75, 3.05) is 10.6 Å². The van der Waals surface area contributed by atoms with Gasteiger partial charge in [0.05, 0.1) is 17.4 Å². The van der Waals surface area contributed by atoms with Gasteiger partial charge in [0, 0.05) is 28.3 Å². The Kier molecular flexibility index (Phi) is 3.57. The van der Waals surface area contributed by atoms with Crippen LogP contribution < -0.4 is 10.6 Å². The van der Waals surface area contributed by atoms with E-state index in [4.69, 9.17) is 11.6 Å². The average Bonchev–Trinajstić information content (AvgIpc) is 2.80. The first-order valence-corrected chi connectivity index (χ1v) is 8.27. The Bertz CT molecular complexity index is 871. The Balaban J connectivity index is 1.93. The van der Waals surface area contributed by atoms with Crippen molar-refractivity contribution in [3.8, 4) is 0 Å². The first-order valence-electron chi connectivity index (χ1n) is 7.89. The number of carbonyl (C=O) groups is 1. The molecule has 2 aromatic rings. The van der Waals surface area contributed by atoms with Crippen LogP contribution in [-0.2, 0) is 4.79 Å². The van der Waals surface area contributed by atoms with E-state index in [-0.39, 0.29) is 5.78 Å². The van der Waals surface area contributed by atoms with Crippen LogP contribution >= 0.6 is 11.6 Å². The van der Waals surface area contributed by atoms with Crippen LogP contribution in [0.3, 0.4) is 0 Å². The number of Topliss-reactive ketones (excluding diaryl/α,β-unsaturated/α-hetero) is 1. The molecule has 2 N–H and O–H groups in total. The van der Waals surface area contributed by atoms with Crippen molar-refractivity contribution >= 4 is 28.8 Å². The summed E-state index contributed by atoms with van der Waals surface area (Å²) >= 11 is 6.28. The molecule has 4 rings (SSSR count). The van der Waals surface area contributed by atoms with Crippen molar-refractivity contribution in [3.63, 3.8) is 0 Å². The molecule has 0 saturated heterocycles. The predicted molar refractivity (Wildman–Crippen MR) is 93.8 cm³/mol. The van der Waals surface area contributed by atoms with E-state index in [1.54, 1.807) is 12.1 Å². The smallest absolute Gasteiger partial charge is 0.163 e. The minimum absolute atomic E-state index is 0.0267. The second kappa shape index (κ2) is 5.64. The highest BCUT2D eigenvalue weighted by Gasteiger charge is 2.35. The number of aryl methyl sites for hydroxylation is 1. The summed E-state index contributed by atoms with van der Waals surface area (Å²) in [7, 11) is 0. The van der Waals surface area contributed by atoms with E-state index in [1.807, 2.05) is 25.1 Å². The first-order chi connectivity index (χ1) is 11.5. The Morgan fingerprint density at radius 2 is 2.00 bits per heavy atom. The number of allylic oxidation sites excluding steroid dienone is 1. The van der Waals surface area contributed by atoms with Crippen LogP contribution in [-0.4, -0.2) is 5.78 Å². The molecule has 0 spiro atoms. The molecule has 0 bridgehead atoms. The summed E-state index contributed by atoms with van der Waals surface area (Å²) < 4.78 is 14.5. The van der Waals surface area contributed by atoms with Crippen LogP contribution in [0.1, 0.15) is 30.0 Å².